The molecule has 17 rings (SSSR count). The Morgan fingerprint density at radius 1 is 0.130 bits per heavy atom. The van der Waals surface area contributed by atoms with Gasteiger partial charge in [-0.15, -0.1) is 0 Å². The molecular weight excluding hydrogens is 1110 g/mol. The van der Waals surface area contributed by atoms with Crippen molar-refractivity contribution < 1.29 is 0 Å². The van der Waals surface area contributed by atoms with Gasteiger partial charge < -0.3 is 9.13 Å². The summed E-state index contributed by atoms with van der Waals surface area (Å²) >= 11 is 0. The number of hydrogen-bond acceptors (Lipinski definition) is 0. The molecule has 0 aliphatic heterocycles. The molecule has 2 heteroatoms. The molecule has 0 aliphatic rings. The van der Waals surface area contributed by atoms with Gasteiger partial charge in [-0.3, -0.25) is 0 Å². The summed E-state index contributed by atoms with van der Waals surface area (Å²) in [5, 5.41) is 4.68. The Morgan fingerprint density at radius 2 is 0.304 bits per heavy atom. The molecule has 0 aliphatic carbocycles. The molecular formula is C90H60N2. The Morgan fingerprint density at radius 3 is 0.511 bits per heavy atom. The summed E-state index contributed by atoms with van der Waals surface area (Å²) < 4.78 is 5.13. The molecule has 17 aromatic rings. The molecule has 0 bridgehead atoms. The van der Waals surface area contributed by atoms with E-state index in [1.165, 1.54) is 88.3 Å². The Kier molecular flexibility index (Phi) is 13.6. The van der Waals surface area contributed by atoms with Crippen molar-refractivity contribution >= 4 is 43.6 Å². The monoisotopic (exact) mass is 1170 g/mol. The van der Waals surface area contributed by atoms with Crippen molar-refractivity contribution in [3.63, 3.8) is 0 Å². The van der Waals surface area contributed by atoms with Crippen LogP contribution in [-0.4, -0.2) is 9.13 Å². The molecule has 0 spiro atoms. The number of rotatable bonds is 12. The third-order valence-corrected chi connectivity index (χ3v) is 18.6. The summed E-state index contributed by atoms with van der Waals surface area (Å²) in [6.07, 6.45) is 0. The van der Waals surface area contributed by atoms with E-state index in [-0.39, 0.29) is 0 Å². The van der Waals surface area contributed by atoms with Gasteiger partial charge >= 0.3 is 0 Å². The van der Waals surface area contributed by atoms with Crippen LogP contribution in [0, 0.1) is 0 Å². The van der Waals surface area contributed by atoms with Gasteiger partial charge in [-0.1, -0.05) is 303 Å². The largest absolute Gasteiger partial charge is 0.307 e. The molecule has 0 unspecified atom stereocenters. The number of benzene rings is 15. The average molecular weight is 1170 g/mol. The van der Waals surface area contributed by atoms with Crippen LogP contribution in [0.2, 0.25) is 0 Å². The van der Waals surface area contributed by atoms with E-state index in [0.29, 0.717) is 0 Å². The summed E-state index contributed by atoms with van der Waals surface area (Å²) in [5.41, 5.74) is 30.1. The van der Waals surface area contributed by atoms with E-state index < -0.39 is 0 Å². The predicted molar refractivity (Wildman–Crippen MR) is 389 cm³/mol. The minimum Gasteiger partial charge on any atom is -0.307 e. The molecule has 2 aromatic heterocycles. The SMILES string of the molecule is c1ccc(-c2ccccc2-c2ccc3c(c2)c2cc(-c4ccccc4-c4ccccc4)ccc2n3-c2cc(-c3ccccc3)c(-c3ccccc3)cc2-n2c3ccc(-c4ccccc4-c4ccccc4)cc3c3cc(-c4ccccc4-c4ccccc4)ccc32)cc1. The first kappa shape index (κ1) is 54.1. The number of fused-ring (bicyclic) bond motifs is 6. The van der Waals surface area contributed by atoms with Crippen LogP contribution in [-0.2, 0) is 0 Å². The highest BCUT2D eigenvalue weighted by molar-refractivity contribution is 6.15. The first-order valence-electron chi connectivity index (χ1n) is 31.7. The van der Waals surface area contributed by atoms with Crippen LogP contribution in [0.5, 0.6) is 0 Å². The second kappa shape index (κ2) is 23.1. The van der Waals surface area contributed by atoms with Gasteiger partial charge in [-0.25, -0.2) is 0 Å². The maximum Gasteiger partial charge on any atom is 0.0709 e. The minimum absolute atomic E-state index is 1.06. The standard InChI is InChI=1S/C90H60N2/c1-7-27-61(28-8-1)71-39-19-23-43-75(71)67-47-51-85-81(55-67)82-56-68(76-44-24-20-40-72(76)62-29-9-2-10-30-62)48-52-86(82)91(85)89-59-79(65-35-15-5-16-36-65)80(66-37-17-6-18-38-66)60-90(89)92-87-53-49-69(77-45-25-21-41-73(77)63-31-11-3-12-32-63)57-83(87)84-58-70(50-54-88(84)92)78-46-26-22-42-74(78)64-33-13-4-14-34-64/h1-60H. The van der Waals surface area contributed by atoms with Gasteiger partial charge in [0.2, 0.25) is 0 Å². The van der Waals surface area contributed by atoms with Crippen molar-refractivity contribution in [3.05, 3.63) is 364 Å². The zero-order valence-corrected chi connectivity index (χ0v) is 50.5. The topological polar surface area (TPSA) is 9.86 Å². The van der Waals surface area contributed by atoms with Crippen LogP contribution < -0.4 is 0 Å². The van der Waals surface area contributed by atoms with Gasteiger partial charge in [0.1, 0.15) is 0 Å². The molecule has 2 heterocycles. The fourth-order valence-electron chi connectivity index (χ4n) is 14.3. The average Bonchev–Trinajstić information content (AvgIpc) is 1.54. The first-order valence-corrected chi connectivity index (χ1v) is 31.7. The smallest absolute Gasteiger partial charge is 0.0709 e. The van der Waals surface area contributed by atoms with Crippen molar-refractivity contribution in [2.24, 2.45) is 0 Å². The molecule has 0 fully saturated rings. The van der Waals surface area contributed by atoms with Crippen molar-refractivity contribution in [3.8, 4) is 123 Å². The molecule has 0 N–H and O–H groups in total. The lowest BCUT2D eigenvalue weighted by Crippen LogP contribution is -2.05. The zero-order valence-electron chi connectivity index (χ0n) is 50.5. The van der Waals surface area contributed by atoms with Crippen LogP contribution in [0.3, 0.4) is 0 Å². The third kappa shape index (κ3) is 9.53. The summed E-state index contributed by atoms with van der Waals surface area (Å²) in [6, 6.07) is 134. The molecule has 430 valence electrons. The molecule has 0 saturated carbocycles. The van der Waals surface area contributed by atoms with E-state index in [9.17, 15) is 0 Å². The molecule has 0 atom stereocenters. The Bertz CT molecular complexity index is 4960. The number of hydrogen-bond donors (Lipinski definition) is 0. The van der Waals surface area contributed by atoms with Crippen LogP contribution in [0.1, 0.15) is 0 Å². The van der Waals surface area contributed by atoms with E-state index in [1.54, 1.807) is 0 Å². The van der Waals surface area contributed by atoms with Crippen molar-refractivity contribution in [2.45, 2.75) is 0 Å². The lowest BCUT2D eigenvalue weighted by molar-refractivity contribution is 1.10. The Hall–Kier alpha value is -12.1. The normalized spacial score (nSPS) is 11.5. The number of nitrogens with zero attached hydrogens (tertiary/aromatic N) is 2. The maximum atomic E-state index is 2.56. The van der Waals surface area contributed by atoms with Crippen LogP contribution in [0.25, 0.3) is 166 Å². The maximum absolute atomic E-state index is 2.56. The molecule has 0 radical (unpaired) electrons. The van der Waals surface area contributed by atoms with E-state index >= 15 is 0 Å². The van der Waals surface area contributed by atoms with Crippen molar-refractivity contribution in [1.29, 1.82) is 0 Å². The van der Waals surface area contributed by atoms with Crippen LogP contribution in [0.15, 0.2) is 364 Å². The van der Waals surface area contributed by atoms with E-state index in [1.807, 2.05) is 0 Å². The highest BCUT2D eigenvalue weighted by Gasteiger charge is 2.26. The predicted octanol–water partition coefficient (Wildman–Crippen LogP) is 24.6. The minimum atomic E-state index is 1.06. The highest BCUT2D eigenvalue weighted by atomic mass is 15.1. The Labute approximate surface area is 536 Å². The lowest BCUT2D eigenvalue weighted by atomic mass is 9.92. The molecule has 15 aromatic carbocycles. The summed E-state index contributed by atoms with van der Waals surface area (Å²) in [5.74, 6) is 0. The summed E-state index contributed by atoms with van der Waals surface area (Å²) in [7, 11) is 0. The first-order chi connectivity index (χ1) is 45.7. The van der Waals surface area contributed by atoms with E-state index in [2.05, 4.69) is 373 Å². The van der Waals surface area contributed by atoms with Gasteiger partial charge in [0.25, 0.3) is 0 Å². The second-order valence-corrected chi connectivity index (χ2v) is 23.9. The van der Waals surface area contributed by atoms with E-state index in [0.717, 1.165) is 77.9 Å². The van der Waals surface area contributed by atoms with Gasteiger partial charge in [-0.05, 0) is 172 Å². The molecule has 2 nitrogen and oxygen atoms in total. The summed E-state index contributed by atoms with van der Waals surface area (Å²) in [6.45, 7) is 0. The molecule has 0 saturated heterocycles. The molecule has 0 amide bonds. The van der Waals surface area contributed by atoms with Crippen molar-refractivity contribution in [2.75, 3.05) is 0 Å². The van der Waals surface area contributed by atoms with Crippen LogP contribution >= 0.6 is 0 Å². The third-order valence-electron chi connectivity index (χ3n) is 18.6. The second-order valence-electron chi connectivity index (χ2n) is 23.9. The van der Waals surface area contributed by atoms with Gasteiger partial charge in [0, 0.05) is 21.5 Å². The zero-order chi connectivity index (χ0) is 60.9. The van der Waals surface area contributed by atoms with Crippen molar-refractivity contribution in [1.82, 2.24) is 9.13 Å². The van der Waals surface area contributed by atoms with E-state index in [4.69, 9.17) is 0 Å². The van der Waals surface area contributed by atoms with Crippen LogP contribution in [0.4, 0.5) is 0 Å². The van der Waals surface area contributed by atoms with Gasteiger partial charge in [0.15, 0.2) is 0 Å². The highest BCUT2D eigenvalue weighted by Crippen LogP contribution is 2.48. The lowest BCUT2D eigenvalue weighted by Gasteiger charge is -2.22. The van der Waals surface area contributed by atoms with Gasteiger partial charge in [0.05, 0.1) is 33.4 Å². The van der Waals surface area contributed by atoms with Gasteiger partial charge in [-0.2, -0.15) is 0 Å². The fraction of sp³-hybridized carbons (Fsp3) is 0. The fourth-order valence-corrected chi connectivity index (χ4v) is 14.3. The number of aromatic nitrogens is 2. The Balaban J connectivity index is 0.985. The summed E-state index contributed by atoms with van der Waals surface area (Å²) in [4.78, 5) is 0. The molecule has 92 heavy (non-hydrogen) atoms. The quantitative estimate of drug-likeness (QED) is 0.115.